The number of fused-ring (bicyclic) bond motifs is 1. The Morgan fingerprint density at radius 3 is 2.88 bits per heavy atom. The molecule has 2 N–H and O–H groups in total. The van der Waals surface area contributed by atoms with Crippen LogP contribution in [0, 0.1) is 5.82 Å². The van der Waals surface area contributed by atoms with Crippen LogP contribution in [0.2, 0.25) is 0 Å². The summed E-state index contributed by atoms with van der Waals surface area (Å²) in [5, 5.41) is 18.7. The van der Waals surface area contributed by atoms with Crippen LogP contribution in [0.25, 0.3) is 5.65 Å². The van der Waals surface area contributed by atoms with Gasteiger partial charge >= 0.3 is 0 Å². The number of rotatable bonds is 8. The first-order valence-electron chi connectivity index (χ1n) is 8.66. The maximum absolute atomic E-state index is 13.2. The molecule has 0 saturated carbocycles. The molecule has 1 amide bonds. The van der Waals surface area contributed by atoms with E-state index >= 15 is 0 Å². The molecule has 0 saturated heterocycles. The minimum absolute atomic E-state index is 0.289. The molecule has 0 spiro atoms. The Hall–Kier alpha value is -3.03. The molecule has 3 aromatic rings. The van der Waals surface area contributed by atoms with Gasteiger partial charge in [-0.3, -0.25) is 4.79 Å². The van der Waals surface area contributed by atoms with Crippen molar-refractivity contribution in [1.82, 2.24) is 25.1 Å². The first-order chi connectivity index (χ1) is 12.7. The van der Waals surface area contributed by atoms with Gasteiger partial charge in [-0.05, 0) is 36.8 Å². The average molecular weight is 356 g/mol. The lowest BCUT2D eigenvalue weighted by atomic mass is 10.2. The summed E-state index contributed by atoms with van der Waals surface area (Å²) in [6.45, 7) is 3.34. The molecule has 2 aromatic heterocycles. The van der Waals surface area contributed by atoms with Crippen LogP contribution >= 0.6 is 0 Å². The molecule has 0 unspecified atom stereocenters. The highest BCUT2D eigenvalue weighted by Crippen LogP contribution is 2.08. The zero-order valence-corrected chi connectivity index (χ0v) is 14.6. The van der Waals surface area contributed by atoms with E-state index in [2.05, 4.69) is 32.9 Å². The number of carbonyl (C=O) groups excluding carboxylic acids is 1. The smallest absolute Gasteiger partial charge is 0.251 e. The third-order valence-electron chi connectivity index (χ3n) is 3.88. The van der Waals surface area contributed by atoms with Gasteiger partial charge in [-0.2, -0.15) is 4.52 Å². The zero-order valence-electron chi connectivity index (χ0n) is 14.6. The van der Waals surface area contributed by atoms with E-state index in [4.69, 9.17) is 0 Å². The van der Waals surface area contributed by atoms with Gasteiger partial charge in [0.15, 0.2) is 11.5 Å². The van der Waals surface area contributed by atoms with Gasteiger partial charge in [-0.25, -0.2) is 4.39 Å². The van der Waals surface area contributed by atoms with E-state index in [-0.39, 0.29) is 11.5 Å². The van der Waals surface area contributed by atoms with Crippen LogP contribution in [-0.4, -0.2) is 38.8 Å². The number of anilines is 1. The molecule has 136 valence electrons. The maximum Gasteiger partial charge on any atom is 0.251 e. The largest absolute Gasteiger partial charge is 0.369 e. The lowest BCUT2D eigenvalue weighted by Crippen LogP contribution is -2.26. The minimum Gasteiger partial charge on any atom is -0.369 e. The van der Waals surface area contributed by atoms with Gasteiger partial charge < -0.3 is 10.6 Å². The molecule has 7 nitrogen and oxygen atoms in total. The molecule has 0 fully saturated rings. The Balaban J connectivity index is 1.61. The summed E-state index contributed by atoms with van der Waals surface area (Å²) in [5.41, 5.74) is 0.939. The zero-order chi connectivity index (χ0) is 18.4. The number of nitrogens with one attached hydrogen (secondary N) is 2. The van der Waals surface area contributed by atoms with E-state index < -0.39 is 5.82 Å². The van der Waals surface area contributed by atoms with Gasteiger partial charge in [0.25, 0.3) is 5.91 Å². The number of carbonyl (C=O) groups is 1. The van der Waals surface area contributed by atoms with Crippen molar-refractivity contribution >= 4 is 17.4 Å². The fourth-order valence-corrected chi connectivity index (χ4v) is 2.50. The normalized spacial score (nSPS) is 10.8. The molecule has 3 rings (SSSR count). The first kappa shape index (κ1) is 17.8. The summed E-state index contributed by atoms with van der Waals surface area (Å²) >= 11 is 0. The van der Waals surface area contributed by atoms with Crippen molar-refractivity contribution in [3.8, 4) is 0 Å². The monoisotopic (exact) mass is 356 g/mol. The van der Waals surface area contributed by atoms with Crippen LogP contribution in [0.1, 0.15) is 35.9 Å². The van der Waals surface area contributed by atoms with Crippen LogP contribution in [0.15, 0.2) is 36.4 Å². The van der Waals surface area contributed by atoms with Crippen molar-refractivity contribution < 1.29 is 9.18 Å². The summed E-state index contributed by atoms with van der Waals surface area (Å²) in [6, 6.07) is 9.31. The summed E-state index contributed by atoms with van der Waals surface area (Å²) in [5.74, 6) is 0.649. The van der Waals surface area contributed by atoms with E-state index in [1.54, 1.807) is 10.6 Å². The number of nitrogens with zero attached hydrogens (tertiary/aromatic N) is 4. The fourth-order valence-electron chi connectivity index (χ4n) is 2.50. The Morgan fingerprint density at radius 2 is 2.08 bits per heavy atom. The second-order valence-corrected chi connectivity index (χ2v) is 5.90. The summed E-state index contributed by atoms with van der Waals surface area (Å²) in [7, 11) is 0. The number of halogens is 1. The average Bonchev–Trinajstić information content (AvgIpc) is 3.04. The van der Waals surface area contributed by atoms with Crippen molar-refractivity contribution in [3.05, 3.63) is 53.6 Å². The number of hydrogen-bond donors (Lipinski definition) is 2. The molecule has 26 heavy (non-hydrogen) atoms. The van der Waals surface area contributed by atoms with Crippen molar-refractivity contribution in [2.24, 2.45) is 0 Å². The summed E-state index contributed by atoms with van der Waals surface area (Å²) in [6.07, 6.45) is 2.65. The number of aromatic nitrogens is 4. The first-order valence-corrected chi connectivity index (χ1v) is 8.66. The molecule has 0 aliphatic heterocycles. The van der Waals surface area contributed by atoms with Gasteiger partial charge in [-0.1, -0.05) is 19.4 Å². The van der Waals surface area contributed by atoms with Gasteiger partial charge in [-0.15, -0.1) is 15.3 Å². The lowest BCUT2D eigenvalue weighted by Gasteiger charge is -2.06. The highest BCUT2D eigenvalue weighted by atomic mass is 19.1. The van der Waals surface area contributed by atoms with Crippen LogP contribution in [0.5, 0.6) is 0 Å². The summed E-state index contributed by atoms with van der Waals surface area (Å²) in [4.78, 5) is 12.0. The molecule has 1 aromatic carbocycles. The van der Waals surface area contributed by atoms with E-state index in [1.807, 2.05) is 12.1 Å². The molecular formula is C18H21FN6O. The van der Waals surface area contributed by atoms with E-state index in [9.17, 15) is 9.18 Å². The highest BCUT2D eigenvalue weighted by Gasteiger charge is 2.10. The Bertz CT molecular complexity index is 894. The molecule has 0 aliphatic carbocycles. The van der Waals surface area contributed by atoms with E-state index in [0.29, 0.717) is 24.4 Å². The van der Waals surface area contributed by atoms with Crippen molar-refractivity contribution in [3.63, 3.8) is 0 Å². The van der Waals surface area contributed by atoms with Crippen LogP contribution in [0.3, 0.4) is 0 Å². The quantitative estimate of drug-likeness (QED) is 0.606. The van der Waals surface area contributed by atoms with Gasteiger partial charge in [0.05, 0.1) is 0 Å². The van der Waals surface area contributed by atoms with Crippen molar-refractivity contribution in [1.29, 1.82) is 0 Å². The minimum atomic E-state index is -0.437. The molecule has 0 bridgehead atoms. The number of amides is 1. The molecule has 8 heteroatoms. The molecule has 2 heterocycles. The van der Waals surface area contributed by atoms with Gasteiger partial charge in [0.2, 0.25) is 0 Å². The molecule has 0 aliphatic rings. The molecule has 0 radical (unpaired) electrons. The van der Waals surface area contributed by atoms with Crippen LogP contribution < -0.4 is 10.6 Å². The van der Waals surface area contributed by atoms with Crippen LogP contribution in [0.4, 0.5) is 10.2 Å². The number of hydrogen-bond acceptors (Lipinski definition) is 5. The second-order valence-electron chi connectivity index (χ2n) is 5.90. The van der Waals surface area contributed by atoms with Crippen molar-refractivity contribution in [2.75, 3.05) is 18.4 Å². The maximum atomic E-state index is 13.2. The predicted molar refractivity (Wildman–Crippen MR) is 96.6 cm³/mol. The predicted octanol–water partition coefficient (Wildman–Crippen LogP) is 2.45. The lowest BCUT2D eigenvalue weighted by molar-refractivity contribution is 0.0953. The molecule has 0 atom stereocenters. The Morgan fingerprint density at radius 1 is 1.19 bits per heavy atom. The van der Waals surface area contributed by atoms with Gasteiger partial charge in [0.1, 0.15) is 11.6 Å². The van der Waals surface area contributed by atoms with Crippen molar-refractivity contribution in [2.45, 2.75) is 26.2 Å². The molecular weight excluding hydrogens is 335 g/mol. The Kier molecular flexibility index (Phi) is 5.73. The third-order valence-corrected chi connectivity index (χ3v) is 3.88. The van der Waals surface area contributed by atoms with Crippen LogP contribution in [-0.2, 0) is 6.42 Å². The number of unbranched alkanes of at least 4 members (excludes halogenated alkanes) is 1. The fraction of sp³-hybridized carbons (Fsp3) is 0.333. The summed E-state index contributed by atoms with van der Waals surface area (Å²) < 4.78 is 14.8. The third kappa shape index (κ3) is 4.33. The number of benzene rings is 1. The SMILES string of the molecule is CCCCNc1ccc2nnc(CCNC(=O)c3cccc(F)c3)n2n1. The standard InChI is InChI=1S/C18H21FN6O/c1-2-3-10-20-15-7-8-16-22-23-17(25(16)24-15)9-11-21-18(26)13-5-4-6-14(19)12-13/h4-8,12H,2-3,9-11H2,1H3,(H,20,24)(H,21,26). The highest BCUT2D eigenvalue weighted by molar-refractivity contribution is 5.94. The van der Waals surface area contributed by atoms with E-state index in [0.717, 1.165) is 25.2 Å². The second kappa shape index (κ2) is 8.37. The Labute approximate surface area is 150 Å². The van der Waals surface area contributed by atoms with Gasteiger partial charge in [0, 0.05) is 25.1 Å². The van der Waals surface area contributed by atoms with E-state index in [1.165, 1.54) is 18.2 Å². The topological polar surface area (TPSA) is 84.2 Å².